The van der Waals surface area contributed by atoms with Gasteiger partial charge < -0.3 is 10.4 Å². The smallest absolute Gasteiger partial charge is 0.335 e. The van der Waals surface area contributed by atoms with Gasteiger partial charge in [-0.15, -0.1) is 0 Å². The minimum Gasteiger partial charge on any atom is -0.478 e. The minimum absolute atomic E-state index is 0.0126. The van der Waals surface area contributed by atoms with E-state index in [0.717, 1.165) is 19.3 Å². The number of aromatic carboxylic acids is 1. The standard InChI is InChI=1S/C18H18N2O3/c21-16(15-11-13(17(22)23)7-10-19-15)20-12-18(8-4-9-18)14-5-2-1-3-6-14/h1-3,5-7,10-11H,4,8-9,12H2,(H,20,21)(H,22,23). The number of carbonyl (C=O) groups excluding carboxylic acids is 1. The van der Waals surface area contributed by atoms with Gasteiger partial charge in [0, 0.05) is 18.2 Å². The molecule has 0 radical (unpaired) electrons. The number of nitrogens with one attached hydrogen (secondary N) is 1. The van der Waals surface area contributed by atoms with Crippen LogP contribution in [0.1, 0.15) is 45.7 Å². The zero-order chi connectivity index (χ0) is 16.3. The number of hydrogen-bond acceptors (Lipinski definition) is 3. The second kappa shape index (κ2) is 6.20. The Kier molecular flexibility index (Phi) is 4.10. The van der Waals surface area contributed by atoms with Gasteiger partial charge in [-0.05, 0) is 30.5 Å². The molecule has 1 aliphatic rings. The number of carboxylic acid groups (broad SMARTS) is 1. The first-order valence-electron chi connectivity index (χ1n) is 7.64. The van der Waals surface area contributed by atoms with Crippen LogP contribution in [0.15, 0.2) is 48.7 Å². The molecule has 3 rings (SSSR count). The van der Waals surface area contributed by atoms with Crippen LogP contribution in [0.4, 0.5) is 0 Å². The minimum atomic E-state index is -1.07. The van der Waals surface area contributed by atoms with Gasteiger partial charge in [0.1, 0.15) is 5.69 Å². The highest BCUT2D eigenvalue weighted by atomic mass is 16.4. The van der Waals surface area contributed by atoms with Crippen molar-refractivity contribution >= 4 is 11.9 Å². The Morgan fingerprint density at radius 1 is 1.17 bits per heavy atom. The molecule has 0 bridgehead atoms. The number of nitrogens with zero attached hydrogens (tertiary/aromatic N) is 1. The van der Waals surface area contributed by atoms with Crippen LogP contribution in [0.3, 0.4) is 0 Å². The number of rotatable bonds is 5. The molecule has 2 aromatic rings. The van der Waals surface area contributed by atoms with Gasteiger partial charge in [-0.2, -0.15) is 0 Å². The molecule has 0 saturated heterocycles. The van der Waals surface area contributed by atoms with E-state index in [2.05, 4.69) is 22.4 Å². The molecular weight excluding hydrogens is 292 g/mol. The molecule has 23 heavy (non-hydrogen) atoms. The van der Waals surface area contributed by atoms with Crippen LogP contribution in [0, 0.1) is 0 Å². The maximum Gasteiger partial charge on any atom is 0.335 e. The lowest BCUT2D eigenvalue weighted by atomic mass is 9.64. The van der Waals surface area contributed by atoms with Gasteiger partial charge >= 0.3 is 5.97 Å². The Labute approximate surface area is 134 Å². The van der Waals surface area contributed by atoms with Crippen molar-refractivity contribution in [1.29, 1.82) is 0 Å². The van der Waals surface area contributed by atoms with Gasteiger partial charge in [-0.3, -0.25) is 9.78 Å². The average molecular weight is 310 g/mol. The first-order chi connectivity index (χ1) is 11.1. The summed E-state index contributed by atoms with van der Waals surface area (Å²) < 4.78 is 0. The fraction of sp³-hybridized carbons (Fsp3) is 0.278. The van der Waals surface area contributed by atoms with Crippen LogP contribution in [0.5, 0.6) is 0 Å². The highest BCUT2D eigenvalue weighted by Gasteiger charge is 2.38. The van der Waals surface area contributed by atoms with Crippen molar-refractivity contribution in [2.75, 3.05) is 6.54 Å². The van der Waals surface area contributed by atoms with Crippen molar-refractivity contribution in [2.45, 2.75) is 24.7 Å². The third kappa shape index (κ3) is 3.08. The summed E-state index contributed by atoms with van der Waals surface area (Å²) in [4.78, 5) is 27.2. The van der Waals surface area contributed by atoms with E-state index in [1.54, 1.807) is 0 Å². The molecule has 5 nitrogen and oxygen atoms in total. The van der Waals surface area contributed by atoms with Crippen LogP contribution in [0.25, 0.3) is 0 Å². The maximum absolute atomic E-state index is 12.3. The zero-order valence-corrected chi connectivity index (χ0v) is 12.7. The Morgan fingerprint density at radius 3 is 2.52 bits per heavy atom. The molecule has 1 saturated carbocycles. The lowest BCUT2D eigenvalue weighted by Crippen LogP contribution is -2.45. The molecule has 0 unspecified atom stereocenters. The van der Waals surface area contributed by atoms with E-state index < -0.39 is 5.97 Å². The Morgan fingerprint density at radius 2 is 1.91 bits per heavy atom. The van der Waals surface area contributed by atoms with Gasteiger partial charge in [0.05, 0.1) is 5.56 Å². The molecule has 0 aliphatic heterocycles. The summed E-state index contributed by atoms with van der Waals surface area (Å²) in [7, 11) is 0. The highest BCUT2D eigenvalue weighted by molar-refractivity contribution is 5.95. The molecule has 118 valence electrons. The Balaban J connectivity index is 1.71. The molecule has 2 N–H and O–H groups in total. The predicted molar refractivity (Wildman–Crippen MR) is 85.5 cm³/mol. The van der Waals surface area contributed by atoms with Gasteiger partial charge in [0.2, 0.25) is 0 Å². The largest absolute Gasteiger partial charge is 0.478 e. The molecule has 1 aliphatic carbocycles. The first kappa shape index (κ1) is 15.2. The lowest BCUT2D eigenvalue weighted by Gasteiger charge is -2.42. The number of amides is 1. The van der Waals surface area contributed by atoms with Crippen molar-refractivity contribution in [2.24, 2.45) is 0 Å². The molecule has 1 heterocycles. The molecular formula is C18H18N2O3. The van der Waals surface area contributed by atoms with E-state index in [1.807, 2.05) is 18.2 Å². The quantitative estimate of drug-likeness (QED) is 0.890. The highest BCUT2D eigenvalue weighted by Crippen LogP contribution is 2.43. The Bertz CT molecular complexity index is 724. The second-order valence-electron chi connectivity index (χ2n) is 5.92. The lowest BCUT2D eigenvalue weighted by molar-refractivity contribution is 0.0696. The fourth-order valence-electron chi connectivity index (χ4n) is 2.99. The molecule has 1 aromatic heterocycles. The summed E-state index contributed by atoms with van der Waals surface area (Å²) in [6, 6.07) is 12.9. The van der Waals surface area contributed by atoms with Crippen LogP contribution in [-0.4, -0.2) is 28.5 Å². The van der Waals surface area contributed by atoms with E-state index >= 15 is 0 Å². The van der Waals surface area contributed by atoms with E-state index in [1.165, 1.54) is 23.9 Å². The van der Waals surface area contributed by atoms with Gasteiger partial charge in [-0.1, -0.05) is 36.8 Å². The number of carbonyl (C=O) groups is 2. The summed E-state index contributed by atoms with van der Waals surface area (Å²) in [5, 5.41) is 11.9. The normalized spacial score (nSPS) is 15.5. The van der Waals surface area contributed by atoms with E-state index in [9.17, 15) is 9.59 Å². The summed E-state index contributed by atoms with van der Waals surface area (Å²) in [5.41, 5.74) is 1.42. The first-order valence-corrected chi connectivity index (χ1v) is 7.64. The van der Waals surface area contributed by atoms with Crippen LogP contribution in [-0.2, 0) is 5.41 Å². The van der Waals surface area contributed by atoms with Crippen molar-refractivity contribution in [3.8, 4) is 0 Å². The molecule has 1 amide bonds. The third-order valence-corrected chi connectivity index (χ3v) is 4.52. The van der Waals surface area contributed by atoms with E-state index in [0.29, 0.717) is 6.54 Å². The Hall–Kier alpha value is -2.69. The molecule has 0 spiro atoms. The zero-order valence-electron chi connectivity index (χ0n) is 12.7. The SMILES string of the molecule is O=C(O)c1ccnc(C(=O)NCC2(c3ccccc3)CCC2)c1. The van der Waals surface area contributed by atoms with Crippen LogP contribution in [0.2, 0.25) is 0 Å². The molecule has 1 aromatic carbocycles. The van der Waals surface area contributed by atoms with Crippen molar-refractivity contribution < 1.29 is 14.7 Å². The molecule has 0 atom stereocenters. The molecule has 1 fully saturated rings. The van der Waals surface area contributed by atoms with Gasteiger partial charge in [0.25, 0.3) is 5.91 Å². The number of pyridine rings is 1. The van der Waals surface area contributed by atoms with Gasteiger partial charge in [0.15, 0.2) is 0 Å². The maximum atomic E-state index is 12.3. The van der Waals surface area contributed by atoms with Crippen molar-refractivity contribution in [1.82, 2.24) is 10.3 Å². The predicted octanol–water partition coefficient (Wildman–Crippen LogP) is 2.63. The summed E-state index contributed by atoms with van der Waals surface area (Å²) in [6.07, 6.45) is 4.58. The number of aromatic nitrogens is 1. The summed E-state index contributed by atoms with van der Waals surface area (Å²) in [6.45, 7) is 0.537. The monoisotopic (exact) mass is 310 g/mol. The van der Waals surface area contributed by atoms with E-state index in [4.69, 9.17) is 5.11 Å². The van der Waals surface area contributed by atoms with Crippen LogP contribution < -0.4 is 5.32 Å². The number of benzene rings is 1. The number of carboxylic acids is 1. The topological polar surface area (TPSA) is 79.3 Å². The van der Waals surface area contributed by atoms with Crippen molar-refractivity contribution in [3.05, 3.63) is 65.5 Å². The number of hydrogen-bond donors (Lipinski definition) is 2. The van der Waals surface area contributed by atoms with Crippen LogP contribution >= 0.6 is 0 Å². The summed E-state index contributed by atoms with van der Waals surface area (Å²) >= 11 is 0. The molecule has 5 heteroatoms. The fourth-order valence-corrected chi connectivity index (χ4v) is 2.99. The van der Waals surface area contributed by atoms with E-state index in [-0.39, 0.29) is 22.6 Å². The van der Waals surface area contributed by atoms with Crippen molar-refractivity contribution in [3.63, 3.8) is 0 Å². The second-order valence-corrected chi connectivity index (χ2v) is 5.92. The third-order valence-electron chi connectivity index (χ3n) is 4.52. The summed E-state index contributed by atoms with van der Waals surface area (Å²) in [5.74, 6) is -1.41. The van der Waals surface area contributed by atoms with Gasteiger partial charge in [-0.25, -0.2) is 4.79 Å². The average Bonchev–Trinajstić information content (AvgIpc) is 2.55.